The van der Waals surface area contributed by atoms with E-state index >= 15 is 0 Å². The number of hydrogen-bond acceptors (Lipinski definition) is 3. The summed E-state index contributed by atoms with van der Waals surface area (Å²) in [6.07, 6.45) is 4.50. The molecule has 1 heterocycles. The van der Waals surface area contributed by atoms with Gasteiger partial charge in [0.2, 0.25) is 0 Å². The Labute approximate surface area is 123 Å². The molecule has 2 aliphatic rings. The standard InChI is InChI=1S/C16H23NO2S/c1-2-17-15-8-9-19-11-16(15)20(18)14-7-6-12-4-3-5-13(12)10-14/h6-7,10,15-17H,2-5,8-9,11H2,1H3. The lowest BCUT2D eigenvalue weighted by molar-refractivity contribution is 0.0824. The second-order valence-electron chi connectivity index (χ2n) is 5.65. The lowest BCUT2D eigenvalue weighted by Gasteiger charge is -2.31. The van der Waals surface area contributed by atoms with E-state index in [-0.39, 0.29) is 5.25 Å². The molecule has 1 N–H and O–H groups in total. The van der Waals surface area contributed by atoms with Crippen LogP contribution in [0.4, 0.5) is 0 Å². The zero-order valence-electron chi connectivity index (χ0n) is 12.1. The number of aryl methyl sites for hydroxylation is 2. The van der Waals surface area contributed by atoms with Gasteiger partial charge in [0, 0.05) is 17.5 Å². The van der Waals surface area contributed by atoms with Crippen LogP contribution in [0.15, 0.2) is 23.1 Å². The van der Waals surface area contributed by atoms with E-state index in [0.717, 1.165) is 30.9 Å². The van der Waals surface area contributed by atoms with E-state index in [2.05, 4.69) is 30.4 Å². The predicted molar refractivity (Wildman–Crippen MR) is 81.6 cm³/mol. The maximum absolute atomic E-state index is 12.9. The van der Waals surface area contributed by atoms with Gasteiger partial charge in [-0.2, -0.15) is 0 Å². The molecule has 4 heteroatoms. The molecule has 3 nitrogen and oxygen atoms in total. The minimum atomic E-state index is -0.981. The first kappa shape index (κ1) is 14.2. The summed E-state index contributed by atoms with van der Waals surface area (Å²) >= 11 is 0. The quantitative estimate of drug-likeness (QED) is 0.923. The predicted octanol–water partition coefficient (Wildman–Crippen LogP) is 2.05. The maximum Gasteiger partial charge on any atom is 0.0782 e. The van der Waals surface area contributed by atoms with Crippen LogP contribution in [0.2, 0.25) is 0 Å². The molecule has 0 saturated carbocycles. The lowest BCUT2D eigenvalue weighted by Crippen LogP contribution is -2.48. The van der Waals surface area contributed by atoms with Gasteiger partial charge >= 0.3 is 0 Å². The first-order chi connectivity index (χ1) is 9.79. The van der Waals surface area contributed by atoms with Gasteiger partial charge in [-0.25, -0.2) is 0 Å². The van der Waals surface area contributed by atoms with Gasteiger partial charge in [0.25, 0.3) is 0 Å². The smallest absolute Gasteiger partial charge is 0.0782 e. The van der Waals surface area contributed by atoms with Crippen molar-refractivity contribution in [1.29, 1.82) is 0 Å². The number of benzene rings is 1. The number of fused-ring (bicyclic) bond motifs is 1. The van der Waals surface area contributed by atoms with Crippen LogP contribution in [0.1, 0.15) is 30.9 Å². The summed E-state index contributed by atoms with van der Waals surface area (Å²) in [7, 11) is -0.981. The molecular weight excluding hydrogens is 270 g/mol. The first-order valence-corrected chi connectivity index (χ1v) is 8.84. The van der Waals surface area contributed by atoms with Crippen LogP contribution in [0, 0.1) is 0 Å². The molecule has 110 valence electrons. The molecule has 0 bridgehead atoms. The van der Waals surface area contributed by atoms with Gasteiger partial charge < -0.3 is 10.1 Å². The summed E-state index contributed by atoms with van der Waals surface area (Å²) < 4.78 is 18.4. The van der Waals surface area contributed by atoms with Crippen molar-refractivity contribution in [1.82, 2.24) is 5.32 Å². The largest absolute Gasteiger partial charge is 0.380 e. The van der Waals surface area contributed by atoms with Crippen LogP contribution in [0.25, 0.3) is 0 Å². The summed E-state index contributed by atoms with van der Waals surface area (Å²) in [6, 6.07) is 6.69. The Morgan fingerprint density at radius 3 is 3.05 bits per heavy atom. The van der Waals surface area contributed by atoms with E-state index in [4.69, 9.17) is 4.74 Å². The highest BCUT2D eigenvalue weighted by molar-refractivity contribution is 7.85. The number of rotatable bonds is 4. The van der Waals surface area contributed by atoms with E-state index in [1.54, 1.807) is 0 Å². The van der Waals surface area contributed by atoms with Crippen molar-refractivity contribution in [2.75, 3.05) is 19.8 Å². The molecule has 1 aliphatic carbocycles. The minimum Gasteiger partial charge on any atom is -0.380 e. The third kappa shape index (κ3) is 2.83. The van der Waals surface area contributed by atoms with E-state index in [9.17, 15) is 4.21 Å². The van der Waals surface area contributed by atoms with Crippen molar-refractivity contribution >= 4 is 10.8 Å². The fourth-order valence-corrected chi connectivity index (χ4v) is 4.83. The molecule has 0 amide bonds. The molecule has 20 heavy (non-hydrogen) atoms. The van der Waals surface area contributed by atoms with E-state index in [1.807, 2.05) is 0 Å². The van der Waals surface area contributed by atoms with Gasteiger partial charge in [-0.3, -0.25) is 4.21 Å². The molecule has 3 rings (SSSR count). The van der Waals surface area contributed by atoms with Gasteiger partial charge in [0.05, 0.1) is 22.7 Å². The van der Waals surface area contributed by atoms with Gasteiger partial charge in [-0.05, 0) is 55.5 Å². The average Bonchev–Trinajstić information content (AvgIpc) is 2.95. The van der Waals surface area contributed by atoms with Crippen LogP contribution in [0.5, 0.6) is 0 Å². The normalized spacial score (nSPS) is 27.2. The highest BCUT2D eigenvalue weighted by Crippen LogP contribution is 2.26. The molecule has 3 atom stereocenters. The van der Waals surface area contributed by atoms with Gasteiger partial charge in [-0.1, -0.05) is 13.0 Å². The van der Waals surface area contributed by atoms with E-state index < -0.39 is 10.8 Å². The van der Waals surface area contributed by atoms with Crippen molar-refractivity contribution in [3.05, 3.63) is 29.3 Å². The van der Waals surface area contributed by atoms with Crippen LogP contribution >= 0.6 is 0 Å². The summed E-state index contributed by atoms with van der Waals surface area (Å²) in [5.41, 5.74) is 2.83. The van der Waals surface area contributed by atoms with Gasteiger partial charge in [0.15, 0.2) is 0 Å². The monoisotopic (exact) mass is 293 g/mol. The Balaban J connectivity index is 1.80. The van der Waals surface area contributed by atoms with Crippen molar-refractivity contribution in [2.45, 2.75) is 48.8 Å². The zero-order valence-corrected chi connectivity index (χ0v) is 12.9. The first-order valence-electron chi connectivity index (χ1n) is 7.63. The van der Waals surface area contributed by atoms with Crippen molar-refractivity contribution in [3.8, 4) is 0 Å². The van der Waals surface area contributed by atoms with Crippen LogP contribution in [-0.2, 0) is 28.4 Å². The van der Waals surface area contributed by atoms with E-state index in [1.165, 1.54) is 24.0 Å². The zero-order chi connectivity index (χ0) is 13.9. The van der Waals surface area contributed by atoms with Crippen LogP contribution < -0.4 is 5.32 Å². The fraction of sp³-hybridized carbons (Fsp3) is 0.625. The highest BCUT2D eigenvalue weighted by atomic mass is 32.2. The summed E-state index contributed by atoms with van der Waals surface area (Å²) in [5.74, 6) is 0. The Morgan fingerprint density at radius 2 is 2.20 bits per heavy atom. The molecule has 1 aliphatic heterocycles. The third-order valence-electron chi connectivity index (χ3n) is 4.35. The summed E-state index contributed by atoms with van der Waals surface area (Å²) in [6.45, 7) is 4.39. The van der Waals surface area contributed by atoms with Crippen molar-refractivity contribution in [2.24, 2.45) is 0 Å². The molecular formula is C16H23NO2S. The average molecular weight is 293 g/mol. The number of hydrogen-bond donors (Lipinski definition) is 1. The number of ether oxygens (including phenoxy) is 1. The Hall–Kier alpha value is -0.710. The lowest BCUT2D eigenvalue weighted by atomic mass is 10.1. The summed E-state index contributed by atoms with van der Waals surface area (Å²) in [4.78, 5) is 0.976. The Morgan fingerprint density at radius 1 is 1.35 bits per heavy atom. The molecule has 1 aromatic rings. The Bertz CT molecular complexity index is 501. The Kier molecular flexibility index (Phi) is 4.54. The fourth-order valence-electron chi connectivity index (χ4n) is 3.27. The van der Waals surface area contributed by atoms with Crippen molar-refractivity contribution in [3.63, 3.8) is 0 Å². The molecule has 1 aromatic carbocycles. The van der Waals surface area contributed by atoms with Gasteiger partial charge in [0.1, 0.15) is 0 Å². The van der Waals surface area contributed by atoms with Crippen LogP contribution in [-0.4, -0.2) is 35.3 Å². The molecule has 1 fully saturated rings. The molecule has 3 unspecified atom stereocenters. The molecule has 0 aromatic heterocycles. The SMILES string of the molecule is CCNC1CCOCC1S(=O)c1ccc2c(c1)CCC2. The van der Waals surface area contributed by atoms with Crippen LogP contribution in [0.3, 0.4) is 0 Å². The van der Waals surface area contributed by atoms with Gasteiger partial charge in [-0.15, -0.1) is 0 Å². The molecule has 0 spiro atoms. The third-order valence-corrected chi connectivity index (χ3v) is 6.08. The molecule has 1 saturated heterocycles. The number of nitrogens with one attached hydrogen (secondary N) is 1. The molecule has 0 radical (unpaired) electrons. The summed E-state index contributed by atoms with van der Waals surface area (Å²) in [5, 5.41) is 3.54. The topological polar surface area (TPSA) is 38.3 Å². The van der Waals surface area contributed by atoms with E-state index in [0.29, 0.717) is 12.6 Å². The maximum atomic E-state index is 12.9. The minimum absolute atomic E-state index is 0.0724. The second-order valence-corrected chi connectivity index (χ2v) is 7.32. The highest BCUT2D eigenvalue weighted by Gasteiger charge is 2.31. The van der Waals surface area contributed by atoms with Crippen molar-refractivity contribution < 1.29 is 8.95 Å². The second kappa shape index (κ2) is 6.37.